The highest BCUT2D eigenvalue weighted by Crippen LogP contribution is 2.37. The summed E-state index contributed by atoms with van der Waals surface area (Å²) in [5, 5.41) is -0.0366. The van der Waals surface area contributed by atoms with Crippen molar-refractivity contribution in [2.45, 2.75) is 24.5 Å². The lowest BCUT2D eigenvalue weighted by molar-refractivity contribution is -0.0606. The van der Waals surface area contributed by atoms with E-state index in [1.165, 1.54) is 17.1 Å². The molecule has 4 atom stereocenters. The first-order chi connectivity index (χ1) is 21.0. The molecule has 1 aliphatic heterocycles. The van der Waals surface area contributed by atoms with E-state index in [1.54, 1.807) is 91.0 Å². The number of halogens is 1. The van der Waals surface area contributed by atoms with Crippen molar-refractivity contribution in [2.75, 3.05) is 6.61 Å². The van der Waals surface area contributed by atoms with E-state index in [1.807, 2.05) is 0 Å². The maximum atomic E-state index is 13.3. The van der Waals surface area contributed by atoms with E-state index < -0.39 is 42.4 Å². The maximum absolute atomic E-state index is 13.3. The molecule has 3 aromatic carbocycles. The van der Waals surface area contributed by atoms with Crippen molar-refractivity contribution in [3.05, 3.63) is 125 Å². The number of carbonyl (C=O) groups excluding carboxylic acids is 3. The number of aromatic nitrogens is 4. The molecule has 0 bridgehead atoms. The van der Waals surface area contributed by atoms with Crippen LogP contribution in [0.15, 0.2) is 104 Å². The van der Waals surface area contributed by atoms with Crippen molar-refractivity contribution in [1.29, 1.82) is 0 Å². The molecule has 1 saturated heterocycles. The number of nitrogens with zero attached hydrogens (tertiary/aromatic N) is 4. The predicted molar refractivity (Wildman–Crippen MR) is 152 cm³/mol. The maximum Gasteiger partial charge on any atom is 0.338 e. The number of benzene rings is 3. The minimum atomic E-state index is -1.22. The summed E-state index contributed by atoms with van der Waals surface area (Å²) in [5.41, 5.74) is 1.56. The van der Waals surface area contributed by atoms with E-state index in [-0.39, 0.29) is 23.0 Å². The standard InChI is InChI=1S/C31H23ClN4O7/c32-31-33-16-22-26(35-31)36(18-34-22)27-25(43-30(39)21-14-8-3-9-15-21)24(42-29(38)20-12-6-2-7-13-20)23(41-27)17-40-28(37)19-10-4-1-5-11-19/h1-16,18,23-25,27H,17H2. The Morgan fingerprint density at radius 1 is 0.744 bits per heavy atom. The SMILES string of the molecule is O=C(OCC1OC(n2cnc3cnc(Cl)nc32)C(OC(=O)c2ccccc2)C1OC(=O)c1ccccc1)c1ccccc1. The van der Waals surface area contributed by atoms with Gasteiger partial charge >= 0.3 is 17.9 Å². The molecule has 43 heavy (non-hydrogen) atoms. The Bertz CT molecular complexity index is 1750. The van der Waals surface area contributed by atoms with E-state index in [0.29, 0.717) is 16.7 Å². The molecule has 12 heteroatoms. The number of rotatable bonds is 8. The summed E-state index contributed by atoms with van der Waals surface area (Å²) in [6, 6.07) is 25.1. The summed E-state index contributed by atoms with van der Waals surface area (Å²) in [4.78, 5) is 51.9. The van der Waals surface area contributed by atoms with Gasteiger partial charge < -0.3 is 18.9 Å². The van der Waals surface area contributed by atoms with Crippen LogP contribution in [0.25, 0.3) is 11.2 Å². The zero-order chi connectivity index (χ0) is 29.8. The Hall–Kier alpha value is -5.13. The molecule has 2 aromatic heterocycles. The van der Waals surface area contributed by atoms with Crippen molar-refractivity contribution in [1.82, 2.24) is 19.5 Å². The quantitative estimate of drug-likeness (QED) is 0.141. The second-order valence-corrected chi connectivity index (χ2v) is 9.84. The van der Waals surface area contributed by atoms with Crippen LogP contribution in [-0.2, 0) is 18.9 Å². The highest BCUT2D eigenvalue weighted by molar-refractivity contribution is 6.28. The highest BCUT2D eigenvalue weighted by atomic mass is 35.5. The van der Waals surface area contributed by atoms with E-state index >= 15 is 0 Å². The second kappa shape index (κ2) is 12.4. The third kappa shape index (κ3) is 6.08. The van der Waals surface area contributed by atoms with Crippen LogP contribution in [0.3, 0.4) is 0 Å². The van der Waals surface area contributed by atoms with Gasteiger partial charge in [0.2, 0.25) is 5.28 Å². The Labute approximate surface area is 250 Å². The smallest absolute Gasteiger partial charge is 0.338 e. The van der Waals surface area contributed by atoms with Crippen LogP contribution in [0.2, 0.25) is 5.28 Å². The molecule has 0 radical (unpaired) electrons. The van der Waals surface area contributed by atoms with Gasteiger partial charge in [-0.2, -0.15) is 4.98 Å². The molecule has 1 fully saturated rings. The Balaban J connectivity index is 1.37. The minimum absolute atomic E-state index is 0.0366. The van der Waals surface area contributed by atoms with Crippen LogP contribution >= 0.6 is 11.6 Å². The summed E-state index contributed by atoms with van der Waals surface area (Å²) in [6.07, 6.45) is -1.70. The van der Waals surface area contributed by atoms with Gasteiger partial charge in [-0.15, -0.1) is 0 Å². The topological polar surface area (TPSA) is 132 Å². The van der Waals surface area contributed by atoms with Gasteiger partial charge in [-0.3, -0.25) is 4.57 Å². The molecule has 0 aliphatic carbocycles. The zero-order valence-electron chi connectivity index (χ0n) is 22.4. The van der Waals surface area contributed by atoms with Crippen LogP contribution < -0.4 is 0 Å². The molecule has 0 saturated carbocycles. The van der Waals surface area contributed by atoms with E-state index in [4.69, 9.17) is 30.5 Å². The molecule has 11 nitrogen and oxygen atoms in total. The summed E-state index contributed by atoms with van der Waals surface area (Å²) >= 11 is 6.08. The molecule has 216 valence electrons. The van der Waals surface area contributed by atoms with Crippen molar-refractivity contribution < 1.29 is 33.3 Å². The predicted octanol–water partition coefficient (Wildman–Crippen LogP) is 4.69. The third-order valence-corrected chi connectivity index (χ3v) is 6.92. The Morgan fingerprint density at radius 2 is 1.28 bits per heavy atom. The average molecular weight is 599 g/mol. The van der Waals surface area contributed by atoms with Crippen molar-refractivity contribution in [2.24, 2.45) is 0 Å². The molecule has 0 N–H and O–H groups in total. The van der Waals surface area contributed by atoms with Gasteiger partial charge in [-0.1, -0.05) is 54.6 Å². The molecule has 0 spiro atoms. The average Bonchev–Trinajstić information content (AvgIpc) is 3.61. The number of hydrogen-bond acceptors (Lipinski definition) is 10. The fourth-order valence-corrected chi connectivity index (χ4v) is 4.80. The van der Waals surface area contributed by atoms with Gasteiger partial charge in [-0.05, 0) is 48.0 Å². The molecular formula is C31H23ClN4O7. The van der Waals surface area contributed by atoms with Crippen molar-refractivity contribution in [3.63, 3.8) is 0 Å². The summed E-state index contributed by atoms with van der Waals surface area (Å²) in [7, 11) is 0. The van der Waals surface area contributed by atoms with Crippen LogP contribution in [0.4, 0.5) is 0 Å². The first kappa shape index (κ1) is 28.0. The number of fused-ring (bicyclic) bond motifs is 1. The first-order valence-electron chi connectivity index (χ1n) is 13.2. The monoisotopic (exact) mass is 598 g/mol. The number of esters is 3. The van der Waals surface area contributed by atoms with Crippen LogP contribution in [0.5, 0.6) is 0 Å². The Morgan fingerprint density at radius 3 is 1.86 bits per heavy atom. The minimum Gasteiger partial charge on any atom is -0.459 e. The van der Waals surface area contributed by atoms with Crippen molar-refractivity contribution in [3.8, 4) is 0 Å². The van der Waals surface area contributed by atoms with Crippen molar-refractivity contribution >= 4 is 40.7 Å². The van der Waals surface area contributed by atoms with Gasteiger partial charge in [0.05, 0.1) is 29.2 Å². The summed E-state index contributed by atoms with van der Waals surface area (Å²) < 4.78 is 25.3. The zero-order valence-corrected chi connectivity index (χ0v) is 23.1. The van der Waals surface area contributed by atoms with Gasteiger partial charge in [-0.25, -0.2) is 24.4 Å². The normalized spacial score (nSPS) is 19.6. The molecular weight excluding hydrogens is 576 g/mol. The number of ether oxygens (including phenoxy) is 4. The number of imidazole rings is 1. The van der Waals surface area contributed by atoms with Gasteiger partial charge in [0.25, 0.3) is 0 Å². The summed E-state index contributed by atoms with van der Waals surface area (Å²) in [5.74, 6) is -1.97. The Kier molecular flexibility index (Phi) is 8.07. The van der Waals surface area contributed by atoms with E-state index in [2.05, 4.69) is 15.0 Å². The van der Waals surface area contributed by atoms with Gasteiger partial charge in [0, 0.05) is 0 Å². The lowest BCUT2D eigenvalue weighted by atomic mass is 10.1. The van der Waals surface area contributed by atoms with Crippen LogP contribution in [-0.4, -0.2) is 62.3 Å². The molecule has 5 aromatic rings. The molecule has 6 rings (SSSR count). The lowest BCUT2D eigenvalue weighted by Gasteiger charge is -2.25. The molecule has 4 unspecified atom stereocenters. The number of hydrogen-bond donors (Lipinski definition) is 0. The largest absolute Gasteiger partial charge is 0.459 e. The lowest BCUT2D eigenvalue weighted by Crippen LogP contribution is -2.41. The highest BCUT2D eigenvalue weighted by Gasteiger charge is 2.51. The molecule has 0 amide bonds. The van der Waals surface area contributed by atoms with Crippen LogP contribution in [0, 0.1) is 0 Å². The molecule has 3 heterocycles. The summed E-state index contributed by atoms with van der Waals surface area (Å²) in [6.45, 7) is -0.321. The fourth-order valence-electron chi connectivity index (χ4n) is 4.67. The second-order valence-electron chi connectivity index (χ2n) is 9.50. The van der Waals surface area contributed by atoms with Gasteiger partial charge in [0.15, 0.2) is 24.1 Å². The fraction of sp³-hybridized carbons (Fsp3) is 0.161. The molecule has 1 aliphatic rings. The third-order valence-electron chi connectivity index (χ3n) is 6.74. The van der Waals surface area contributed by atoms with Gasteiger partial charge in [0.1, 0.15) is 18.2 Å². The van der Waals surface area contributed by atoms with Crippen LogP contribution in [0.1, 0.15) is 37.3 Å². The number of carbonyl (C=O) groups is 3. The first-order valence-corrected chi connectivity index (χ1v) is 13.6. The van der Waals surface area contributed by atoms with E-state index in [0.717, 1.165) is 0 Å². The van der Waals surface area contributed by atoms with E-state index in [9.17, 15) is 14.4 Å².